The first-order valence-electron chi connectivity index (χ1n) is 7.78. The maximum absolute atomic E-state index is 13.0. The number of imidazole rings is 1. The number of carbonyl (C=O) groups excluding carboxylic acids is 2. The Morgan fingerprint density at radius 3 is 2.44 bits per heavy atom. The smallest absolute Gasteiger partial charge is 0.252 e. The number of nitrogens with zero attached hydrogens (tertiary/aromatic N) is 2. The van der Waals surface area contributed by atoms with Crippen LogP contribution in [0.15, 0.2) is 67.3 Å². The molecule has 0 spiro atoms. The van der Waals surface area contributed by atoms with E-state index < -0.39 is 5.82 Å². The van der Waals surface area contributed by atoms with Crippen LogP contribution >= 0.6 is 0 Å². The second-order valence-corrected chi connectivity index (χ2v) is 5.44. The first-order valence-corrected chi connectivity index (χ1v) is 7.78. The van der Waals surface area contributed by atoms with Crippen molar-refractivity contribution in [1.82, 2.24) is 14.9 Å². The fraction of sp³-hybridized carbons (Fsp3) is 0.105. The van der Waals surface area contributed by atoms with Gasteiger partial charge in [-0.2, -0.15) is 0 Å². The summed E-state index contributed by atoms with van der Waals surface area (Å²) in [5.74, 6) is -1.06. The topological polar surface area (TPSA) is 64.0 Å². The summed E-state index contributed by atoms with van der Waals surface area (Å²) in [5.41, 5.74) is 0.914. The van der Waals surface area contributed by atoms with Gasteiger partial charge in [0.2, 0.25) is 0 Å². The number of rotatable bonds is 6. The van der Waals surface area contributed by atoms with Gasteiger partial charge in [0.05, 0.1) is 11.9 Å². The van der Waals surface area contributed by atoms with Crippen molar-refractivity contribution in [2.24, 2.45) is 0 Å². The predicted molar refractivity (Wildman–Crippen MR) is 90.8 cm³/mol. The highest BCUT2D eigenvalue weighted by atomic mass is 19.1. The van der Waals surface area contributed by atoms with E-state index in [0.717, 1.165) is 0 Å². The summed E-state index contributed by atoms with van der Waals surface area (Å²) in [7, 11) is 0. The van der Waals surface area contributed by atoms with E-state index in [-0.39, 0.29) is 17.3 Å². The lowest BCUT2D eigenvalue weighted by atomic mass is 9.98. The van der Waals surface area contributed by atoms with E-state index in [2.05, 4.69) is 10.3 Å². The lowest BCUT2D eigenvalue weighted by molar-refractivity contribution is 0.0941. The van der Waals surface area contributed by atoms with Crippen molar-refractivity contribution in [2.75, 3.05) is 6.54 Å². The van der Waals surface area contributed by atoms with E-state index in [9.17, 15) is 14.0 Å². The van der Waals surface area contributed by atoms with Crippen LogP contribution in [0.3, 0.4) is 0 Å². The van der Waals surface area contributed by atoms with Crippen LogP contribution in [0.25, 0.3) is 0 Å². The van der Waals surface area contributed by atoms with Gasteiger partial charge < -0.3 is 9.88 Å². The van der Waals surface area contributed by atoms with Crippen LogP contribution in [0.5, 0.6) is 0 Å². The number of hydrogen-bond donors (Lipinski definition) is 1. The van der Waals surface area contributed by atoms with Crippen LogP contribution in [-0.4, -0.2) is 27.8 Å². The average Bonchev–Trinajstić information content (AvgIpc) is 3.15. The molecule has 25 heavy (non-hydrogen) atoms. The quantitative estimate of drug-likeness (QED) is 0.704. The zero-order valence-corrected chi connectivity index (χ0v) is 13.4. The van der Waals surface area contributed by atoms with E-state index in [1.165, 1.54) is 24.3 Å². The number of ketones is 1. The third-order valence-electron chi connectivity index (χ3n) is 3.74. The second-order valence-electron chi connectivity index (χ2n) is 5.44. The molecule has 3 rings (SSSR count). The molecule has 0 saturated carbocycles. The summed E-state index contributed by atoms with van der Waals surface area (Å²) in [6.07, 6.45) is 5.13. The Labute approximate surface area is 144 Å². The molecular formula is C19H16FN3O2. The normalized spacial score (nSPS) is 10.4. The largest absolute Gasteiger partial charge is 0.350 e. The minimum atomic E-state index is -0.415. The summed E-state index contributed by atoms with van der Waals surface area (Å²) >= 11 is 0. The van der Waals surface area contributed by atoms with Gasteiger partial charge in [0.25, 0.3) is 5.91 Å². The third-order valence-corrected chi connectivity index (χ3v) is 3.74. The van der Waals surface area contributed by atoms with Crippen LogP contribution in [0, 0.1) is 5.82 Å². The first kappa shape index (κ1) is 16.6. The van der Waals surface area contributed by atoms with Gasteiger partial charge >= 0.3 is 0 Å². The molecule has 0 saturated heterocycles. The van der Waals surface area contributed by atoms with E-state index >= 15 is 0 Å². The van der Waals surface area contributed by atoms with Crippen molar-refractivity contribution in [3.05, 3.63) is 89.8 Å². The number of nitrogens with one attached hydrogen (secondary N) is 1. The molecule has 0 bridgehead atoms. The molecule has 0 atom stereocenters. The summed E-state index contributed by atoms with van der Waals surface area (Å²) in [6, 6.07) is 11.9. The Balaban J connectivity index is 1.74. The third kappa shape index (κ3) is 3.98. The minimum Gasteiger partial charge on any atom is -0.350 e. The van der Waals surface area contributed by atoms with E-state index in [1.54, 1.807) is 43.0 Å². The lowest BCUT2D eigenvalue weighted by Crippen LogP contribution is -2.28. The molecular weight excluding hydrogens is 321 g/mol. The molecule has 6 heteroatoms. The highest BCUT2D eigenvalue weighted by Gasteiger charge is 2.17. The van der Waals surface area contributed by atoms with Crippen molar-refractivity contribution in [1.29, 1.82) is 0 Å². The van der Waals surface area contributed by atoms with Gasteiger partial charge in [-0.3, -0.25) is 9.59 Å². The van der Waals surface area contributed by atoms with Gasteiger partial charge in [-0.25, -0.2) is 9.37 Å². The number of amides is 1. The summed E-state index contributed by atoms with van der Waals surface area (Å²) in [4.78, 5) is 29.0. The molecule has 1 amide bonds. The Kier molecular flexibility index (Phi) is 4.99. The van der Waals surface area contributed by atoms with Gasteiger partial charge in [-0.05, 0) is 30.3 Å². The highest BCUT2D eigenvalue weighted by molar-refractivity contribution is 6.15. The molecule has 0 unspecified atom stereocenters. The maximum atomic E-state index is 13.0. The van der Waals surface area contributed by atoms with Crippen molar-refractivity contribution in [3.63, 3.8) is 0 Å². The highest BCUT2D eigenvalue weighted by Crippen LogP contribution is 2.15. The molecule has 0 aliphatic rings. The molecule has 1 aromatic heterocycles. The number of benzene rings is 2. The molecule has 0 radical (unpaired) electrons. The monoisotopic (exact) mass is 337 g/mol. The fourth-order valence-electron chi connectivity index (χ4n) is 2.45. The Hall–Kier alpha value is -3.28. The zero-order valence-electron chi connectivity index (χ0n) is 13.4. The zero-order chi connectivity index (χ0) is 17.6. The molecule has 1 heterocycles. The maximum Gasteiger partial charge on any atom is 0.252 e. The van der Waals surface area contributed by atoms with Crippen LogP contribution in [0.4, 0.5) is 4.39 Å². The molecule has 1 N–H and O–H groups in total. The summed E-state index contributed by atoms with van der Waals surface area (Å²) in [6.45, 7) is 0.994. The molecule has 5 nitrogen and oxygen atoms in total. The number of aromatic nitrogens is 2. The van der Waals surface area contributed by atoms with Crippen molar-refractivity contribution < 1.29 is 14.0 Å². The average molecular weight is 337 g/mol. The molecule has 2 aromatic carbocycles. The standard InChI is InChI=1S/C19H16FN3O2/c20-15-7-5-14(6-8-15)18(24)16-3-1-2-4-17(16)19(25)22-10-12-23-11-9-21-13-23/h1-9,11,13H,10,12H2,(H,22,25). The Bertz CT molecular complexity index is 874. The van der Waals surface area contributed by atoms with Gasteiger partial charge in [-0.15, -0.1) is 0 Å². The van der Waals surface area contributed by atoms with Crippen molar-refractivity contribution >= 4 is 11.7 Å². The van der Waals surface area contributed by atoms with E-state index in [1.807, 2.05) is 4.57 Å². The fourth-order valence-corrected chi connectivity index (χ4v) is 2.45. The number of carbonyl (C=O) groups is 2. The van der Waals surface area contributed by atoms with Crippen molar-refractivity contribution in [2.45, 2.75) is 6.54 Å². The van der Waals surface area contributed by atoms with E-state index in [4.69, 9.17) is 0 Å². The second kappa shape index (κ2) is 7.53. The molecule has 126 valence electrons. The Morgan fingerprint density at radius 2 is 1.76 bits per heavy atom. The predicted octanol–water partition coefficient (Wildman–Crippen LogP) is 2.68. The van der Waals surface area contributed by atoms with Gasteiger partial charge in [0.1, 0.15) is 5.82 Å². The van der Waals surface area contributed by atoms with Crippen LogP contribution in [-0.2, 0) is 6.54 Å². The first-order chi connectivity index (χ1) is 12.1. The van der Waals surface area contributed by atoms with E-state index in [0.29, 0.717) is 24.2 Å². The number of halogens is 1. The summed E-state index contributed by atoms with van der Waals surface area (Å²) < 4.78 is 14.9. The van der Waals surface area contributed by atoms with Crippen LogP contribution < -0.4 is 5.32 Å². The minimum absolute atomic E-state index is 0.286. The molecule has 0 fully saturated rings. The molecule has 0 aliphatic heterocycles. The number of hydrogen-bond acceptors (Lipinski definition) is 3. The van der Waals surface area contributed by atoms with Crippen LogP contribution in [0.1, 0.15) is 26.3 Å². The lowest BCUT2D eigenvalue weighted by Gasteiger charge is -2.10. The van der Waals surface area contributed by atoms with Crippen LogP contribution in [0.2, 0.25) is 0 Å². The molecule has 3 aromatic rings. The van der Waals surface area contributed by atoms with Gasteiger partial charge in [0, 0.05) is 36.6 Å². The van der Waals surface area contributed by atoms with Crippen molar-refractivity contribution in [3.8, 4) is 0 Å². The Morgan fingerprint density at radius 1 is 1.04 bits per heavy atom. The van der Waals surface area contributed by atoms with Gasteiger partial charge in [0.15, 0.2) is 5.78 Å². The SMILES string of the molecule is O=C(NCCn1ccnc1)c1ccccc1C(=O)c1ccc(F)cc1. The van der Waals surface area contributed by atoms with Gasteiger partial charge in [-0.1, -0.05) is 18.2 Å². The summed E-state index contributed by atoms with van der Waals surface area (Å²) in [5, 5.41) is 2.79. The molecule has 0 aliphatic carbocycles.